The van der Waals surface area contributed by atoms with Crippen molar-refractivity contribution in [1.29, 1.82) is 0 Å². The molecule has 156 valence electrons. The summed E-state index contributed by atoms with van der Waals surface area (Å²) in [6, 6.07) is 5.40. The molecule has 1 aromatic carbocycles. The highest BCUT2D eigenvalue weighted by Crippen LogP contribution is 2.32. The smallest absolute Gasteiger partial charge is 0.292 e. The highest BCUT2D eigenvalue weighted by atomic mass is 35.5. The summed E-state index contributed by atoms with van der Waals surface area (Å²) in [7, 11) is 0. The Kier molecular flexibility index (Phi) is 5.03. The first-order chi connectivity index (χ1) is 14.5. The van der Waals surface area contributed by atoms with Gasteiger partial charge in [-0.2, -0.15) is 9.78 Å². The van der Waals surface area contributed by atoms with Crippen LogP contribution in [0.15, 0.2) is 29.2 Å². The maximum Gasteiger partial charge on any atom is 0.292 e. The van der Waals surface area contributed by atoms with Crippen molar-refractivity contribution < 1.29 is 0 Å². The minimum Gasteiger partial charge on any atom is -0.368 e. The highest BCUT2D eigenvalue weighted by Gasteiger charge is 2.30. The van der Waals surface area contributed by atoms with Gasteiger partial charge < -0.3 is 9.47 Å². The summed E-state index contributed by atoms with van der Waals surface area (Å²) in [5, 5.41) is 14.0. The Morgan fingerprint density at radius 1 is 1.13 bits per heavy atom. The molecule has 1 saturated heterocycles. The fraction of sp³-hybridized carbons (Fsp3) is 0.429. The van der Waals surface area contributed by atoms with Gasteiger partial charge in [0.05, 0.1) is 17.6 Å². The van der Waals surface area contributed by atoms with Gasteiger partial charge in [0.15, 0.2) is 0 Å². The molecule has 4 heterocycles. The van der Waals surface area contributed by atoms with Crippen LogP contribution in [-0.4, -0.2) is 37.6 Å². The molecule has 30 heavy (non-hydrogen) atoms. The first-order valence-corrected chi connectivity index (χ1v) is 11.0. The molecule has 0 radical (unpaired) electrons. The van der Waals surface area contributed by atoms with E-state index in [0.717, 1.165) is 62.5 Å². The highest BCUT2D eigenvalue weighted by molar-refractivity contribution is 6.33. The molecule has 2 aromatic heterocycles. The Bertz CT molecular complexity index is 1170. The summed E-state index contributed by atoms with van der Waals surface area (Å²) in [5.74, 6) is 2.41. The third-order valence-electron chi connectivity index (χ3n) is 6.07. The van der Waals surface area contributed by atoms with Gasteiger partial charge in [-0.3, -0.25) is 4.79 Å². The molecule has 1 unspecified atom stereocenters. The second kappa shape index (κ2) is 7.71. The summed E-state index contributed by atoms with van der Waals surface area (Å²) in [6.45, 7) is 4.49. The first-order valence-electron chi connectivity index (χ1n) is 10.2. The van der Waals surface area contributed by atoms with Gasteiger partial charge in [0.2, 0.25) is 0 Å². The number of halogens is 2. The van der Waals surface area contributed by atoms with Crippen LogP contribution in [0.3, 0.4) is 0 Å². The van der Waals surface area contributed by atoms with Gasteiger partial charge in [0, 0.05) is 37.0 Å². The normalized spacial score (nSPS) is 18.6. The molecule has 0 aliphatic carbocycles. The minimum atomic E-state index is -0.348. The second-order valence-electron chi connectivity index (χ2n) is 8.01. The number of nitrogens with zero attached hydrogens (tertiary/aromatic N) is 6. The van der Waals surface area contributed by atoms with Crippen LogP contribution in [0.4, 0.5) is 5.69 Å². The van der Waals surface area contributed by atoms with Crippen molar-refractivity contribution in [3.8, 4) is 5.69 Å². The number of aryl methyl sites for hydroxylation is 2. The van der Waals surface area contributed by atoms with E-state index in [9.17, 15) is 4.79 Å². The average molecular weight is 445 g/mol. The van der Waals surface area contributed by atoms with Crippen LogP contribution >= 0.6 is 23.2 Å². The lowest BCUT2D eigenvalue weighted by Gasteiger charge is -2.34. The van der Waals surface area contributed by atoms with E-state index in [1.807, 2.05) is 19.1 Å². The van der Waals surface area contributed by atoms with E-state index < -0.39 is 0 Å². The van der Waals surface area contributed by atoms with Crippen LogP contribution in [-0.2, 0) is 13.0 Å². The van der Waals surface area contributed by atoms with E-state index in [4.69, 9.17) is 23.2 Å². The van der Waals surface area contributed by atoms with Gasteiger partial charge in [0.25, 0.3) is 5.56 Å². The molecule has 0 saturated carbocycles. The van der Waals surface area contributed by atoms with Crippen molar-refractivity contribution in [3.63, 3.8) is 0 Å². The minimum absolute atomic E-state index is 0.175. The van der Waals surface area contributed by atoms with E-state index in [2.05, 4.69) is 24.8 Å². The lowest BCUT2D eigenvalue weighted by molar-refractivity contribution is 0.472. The number of rotatable bonds is 3. The zero-order valence-electron chi connectivity index (χ0n) is 16.7. The predicted octanol–water partition coefficient (Wildman–Crippen LogP) is 3.77. The lowest BCUT2D eigenvalue weighted by Crippen LogP contribution is -2.37. The molecule has 5 rings (SSSR count). The van der Waals surface area contributed by atoms with Gasteiger partial charge in [-0.15, -0.1) is 10.2 Å². The van der Waals surface area contributed by atoms with E-state index in [0.29, 0.717) is 16.4 Å². The molecule has 1 fully saturated rings. The van der Waals surface area contributed by atoms with Crippen LogP contribution in [0.25, 0.3) is 5.69 Å². The Labute approximate surface area is 184 Å². The molecule has 0 amide bonds. The quantitative estimate of drug-likeness (QED) is 0.614. The van der Waals surface area contributed by atoms with Crippen molar-refractivity contribution in [2.75, 3.05) is 18.0 Å². The van der Waals surface area contributed by atoms with E-state index in [-0.39, 0.29) is 16.5 Å². The van der Waals surface area contributed by atoms with Crippen molar-refractivity contribution in [2.24, 2.45) is 0 Å². The lowest BCUT2D eigenvalue weighted by atomic mass is 9.97. The Balaban J connectivity index is 1.44. The molecular formula is C21H22Cl2N6O. The molecule has 9 heteroatoms. The number of benzene rings is 1. The largest absolute Gasteiger partial charge is 0.368 e. The van der Waals surface area contributed by atoms with Crippen LogP contribution < -0.4 is 10.5 Å². The average Bonchev–Trinajstić information content (AvgIpc) is 3.36. The van der Waals surface area contributed by atoms with Crippen LogP contribution in [0, 0.1) is 6.92 Å². The number of hydrogen-bond donors (Lipinski definition) is 0. The maximum atomic E-state index is 13.0. The van der Waals surface area contributed by atoms with E-state index in [1.165, 1.54) is 4.68 Å². The fourth-order valence-electron chi connectivity index (χ4n) is 4.42. The van der Waals surface area contributed by atoms with Crippen molar-refractivity contribution in [2.45, 2.75) is 45.1 Å². The van der Waals surface area contributed by atoms with Gasteiger partial charge in [-0.25, -0.2) is 0 Å². The summed E-state index contributed by atoms with van der Waals surface area (Å²) >= 11 is 12.8. The van der Waals surface area contributed by atoms with Crippen LogP contribution in [0.2, 0.25) is 10.0 Å². The van der Waals surface area contributed by atoms with Gasteiger partial charge in [-0.05, 0) is 43.9 Å². The van der Waals surface area contributed by atoms with Crippen molar-refractivity contribution >= 4 is 28.9 Å². The van der Waals surface area contributed by atoms with Crippen molar-refractivity contribution in [1.82, 2.24) is 24.5 Å². The zero-order valence-corrected chi connectivity index (χ0v) is 18.2. The molecule has 7 nitrogen and oxygen atoms in total. The SMILES string of the molecule is Cc1ccc(-n2ncc(N3CCCC(c4nnc5n4CCC5)C3)c(Cl)c2=O)cc1Cl. The molecule has 2 aliphatic rings. The van der Waals surface area contributed by atoms with E-state index in [1.54, 1.807) is 12.3 Å². The van der Waals surface area contributed by atoms with E-state index >= 15 is 0 Å². The number of hydrogen-bond acceptors (Lipinski definition) is 5. The molecule has 0 N–H and O–H groups in total. The third-order valence-corrected chi connectivity index (χ3v) is 6.83. The summed E-state index contributed by atoms with van der Waals surface area (Å²) in [6.07, 6.45) is 5.86. The first kappa shape index (κ1) is 19.6. The number of anilines is 1. The number of fused-ring (bicyclic) bond motifs is 1. The second-order valence-corrected chi connectivity index (χ2v) is 8.79. The molecule has 1 atom stereocenters. The molecule has 3 aromatic rings. The maximum absolute atomic E-state index is 13.0. The molecular weight excluding hydrogens is 423 g/mol. The zero-order chi connectivity index (χ0) is 20.8. The monoisotopic (exact) mass is 444 g/mol. The Morgan fingerprint density at radius 3 is 2.83 bits per heavy atom. The summed E-state index contributed by atoms with van der Waals surface area (Å²) in [4.78, 5) is 15.1. The third kappa shape index (κ3) is 3.30. The Hall–Kier alpha value is -2.38. The van der Waals surface area contributed by atoms with Crippen LogP contribution in [0.5, 0.6) is 0 Å². The fourth-order valence-corrected chi connectivity index (χ4v) is 4.85. The van der Waals surface area contributed by atoms with Crippen molar-refractivity contribution in [3.05, 3.63) is 62.0 Å². The van der Waals surface area contributed by atoms with Gasteiger partial charge in [-0.1, -0.05) is 29.3 Å². The molecule has 0 spiro atoms. The topological polar surface area (TPSA) is 68.8 Å². The van der Waals surface area contributed by atoms with Gasteiger partial charge >= 0.3 is 0 Å². The standard InChI is InChI=1S/C21H22Cl2N6O/c1-13-6-7-15(10-16(13)22)29-21(30)19(23)17(11-24-29)27-8-2-4-14(12-27)20-26-25-18-5-3-9-28(18)20/h6-7,10-11,14H,2-5,8-9,12H2,1H3. The summed E-state index contributed by atoms with van der Waals surface area (Å²) < 4.78 is 3.55. The predicted molar refractivity (Wildman–Crippen MR) is 117 cm³/mol. The molecule has 0 bridgehead atoms. The van der Waals surface area contributed by atoms with Gasteiger partial charge in [0.1, 0.15) is 16.7 Å². The Morgan fingerprint density at radius 2 is 2.00 bits per heavy atom. The number of piperidine rings is 1. The molecule has 2 aliphatic heterocycles. The van der Waals surface area contributed by atoms with Crippen LogP contribution in [0.1, 0.15) is 42.4 Å². The number of aromatic nitrogens is 5. The summed E-state index contributed by atoms with van der Waals surface area (Å²) in [5.41, 5.74) is 1.86.